The van der Waals surface area contributed by atoms with Crippen LogP contribution in [0.2, 0.25) is 0 Å². The molecule has 1 aliphatic carbocycles. The number of aromatic nitrogens is 6. The monoisotopic (exact) mass is 453 g/mol. The van der Waals surface area contributed by atoms with Gasteiger partial charge in [-0.05, 0) is 56.2 Å². The molecule has 5 rings (SSSR count). The number of alkyl halides is 3. The van der Waals surface area contributed by atoms with E-state index in [0.29, 0.717) is 23.1 Å². The molecule has 4 aromatic rings. The average molecular weight is 453 g/mol. The molecule has 11 heteroatoms. The number of amides is 1. The normalized spacial score (nSPS) is 13.8. The van der Waals surface area contributed by atoms with Gasteiger partial charge >= 0.3 is 6.18 Å². The van der Waals surface area contributed by atoms with Crippen LogP contribution in [0.25, 0.3) is 17.2 Å². The Bertz CT molecular complexity index is 1300. The topological polar surface area (TPSA) is 101 Å². The maximum Gasteiger partial charge on any atom is 0.417 e. The molecule has 1 amide bonds. The molecule has 8 nitrogen and oxygen atoms in total. The van der Waals surface area contributed by atoms with Gasteiger partial charge < -0.3 is 5.32 Å². The molecular formula is C22H18F3N7O. The van der Waals surface area contributed by atoms with Crippen molar-refractivity contribution in [3.8, 4) is 17.2 Å². The number of carbonyl (C=O) groups excluding carboxylic acids is 1. The number of nitrogens with zero attached hydrogens (tertiary/aromatic N) is 5. The molecule has 2 N–H and O–H groups in total. The fraction of sp³-hybridized carbons (Fsp3) is 0.227. The molecule has 3 aromatic heterocycles. The Morgan fingerprint density at radius 3 is 2.52 bits per heavy atom. The highest BCUT2D eigenvalue weighted by molar-refractivity contribution is 6.05. The largest absolute Gasteiger partial charge is 0.417 e. The van der Waals surface area contributed by atoms with E-state index in [1.165, 1.54) is 16.9 Å². The van der Waals surface area contributed by atoms with E-state index in [9.17, 15) is 18.0 Å². The van der Waals surface area contributed by atoms with Crippen LogP contribution in [0.3, 0.4) is 0 Å². The summed E-state index contributed by atoms with van der Waals surface area (Å²) in [6.07, 6.45) is -0.127. The summed E-state index contributed by atoms with van der Waals surface area (Å²) in [6, 6.07) is 9.26. The standard InChI is InChI=1S/C22H18F3N7O/c1-12-17(11-27-32(12)18-9-6-15(10-26-18)22(23,24)25)21(33)28-16-7-4-14(5-8-16)20-29-19(30-31-20)13-2-3-13/h4-11,13H,2-3H2,1H3,(H,28,33)(H,29,30,31). The SMILES string of the molecule is Cc1c(C(=O)Nc2ccc(-c3n[nH]c(C4CC4)n3)cc2)cnn1-c1ccc(C(F)(F)F)cn1. The summed E-state index contributed by atoms with van der Waals surface area (Å²) in [4.78, 5) is 21.1. The lowest BCUT2D eigenvalue weighted by Gasteiger charge is -2.08. The molecule has 168 valence electrons. The van der Waals surface area contributed by atoms with E-state index in [2.05, 4.69) is 30.6 Å². The molecule has 0 unspecified atom stereocenters. The number of halogens is 3. The molecular weight excluding hydrogens is 435 g/mol. The number of H-pyrrole nitrogens is 1. The zero-order valence-corrected chi connectivity index (χ0v) is 17.4. The first kappa shape index (κ1) is 20.9. The lowest BCUT2D eigenvalue weighted by atomic mass is 10.2. The van der Waals surface area contributed by atoms with Gasteiger partial charge in [0.1, 0.15) is 5.82 Å². The molecule has 33 heavy (non-hydrogen) atoms. The van der Waals surface area contributed by atoms with Gasteiger partial charge in [-0.15, -0.1) is 0 Å². The predicted octanol–water partition coefficient (Wildman–Crippen LogP) is 4.51. The smallest absolute Gasteiger partial charge is 0.322 e. The number of hydrogen-bond acceptors (Lipinski definition) is 5. The summed E-state index contributed by atoms with van der Waals surface area (Å²) in [5, 5.41) is 14.1. The van der Waals surface area contributed by atoms with Crippen LogP contribution in [-0.4, -0.2) is 35.9 Å². The highest BCUT2D eigenvalue weighted by atomic mass is 19.4. The lowest BCUT2D eigenvalue weighted by molar-refractivity contribution is -0.137. The number of hydrogen-bond donors (Lipinski definition) is 2. The highest BCUT2D eigenvalue weighted by Gasteiger charge is 2.31. The van der Waals surface area contributed by atoms with Crippen molar-refractivity contribution in [1.29, 1.82) is 0 Å². The van der Waals surface area contributed by atoms with Crippen LogP contribution < -0.4 is 5.32 Å². The zero-order chi connectivity index (χ0) is 23.2. The van der Waals surface area contributed by atoms with Gasteiger partial charge in [-0.25, -0.2) is 14.6 Å². The van der Waals surface area contributed by atoms with Crippen LogP contribution in [0.1, 0.15) is 46.2 Å². The number of carbonyl (C=O) groups is 1. The van der Waals surface area contributed by atoms with Crippen molar-refractivity contribution < 1.29 is 18.0 Å². The Labute approximate surface area is 185 Å². The second-order valence-electron chi connectivity index (χ2n) is 7.81. The third kappa shape index (κ3) is 4.21. The first-order valence-electron chi connectivity index (χ1n) is 10.2. The van der Waals surface area contributed by atoms with Gasteiger partial charge in [-0.2, -0.15) is 23.4 Å². The van der Waals surface area contributed by atoms with Gasteiger partial charge in [0, 0.05) is 23.4 Å². The number of pyridine rings is 1. The van der Waals surface area contributed by atoms with Crippen molar-refractivity contribution in [2.45, 2.75) is 31.9 Å². The van der Waals surface area contributed by atoms with Gasteiger partial charge in [0.15, 0.2) is 11.6 Å². The van der Waals surface area contributed by atoms with Crippen LogP contribution in [0.4, 0.5) is 18.9 Å². The summed E-state index contributed by atoms with van der Waals surface area (Å²) in [5.74, 6) is 1.77. The van der Waals surface area contributed by atoms with E-state index in [1.54, 1.807) is 19.1 Å². The van der Waals surface area contributed by atoms with Gasteiger partial charge in [0.25, 0.3) is 5.91 Å². The molecule has 0 radical (unpaired) electrons. The molecule has 0 aliphatic heterocycles. The minimum atomic E-state index is -4.47. The van der Waals surface area contributed by atoms with Crippen LogP contribution in [0.15, 0.2) is 48.8 Å². The first-order chi connectivity index (χ1) is 15.8. The Morgan fingerprint density at radius 1 is 1.12 bits per heavy atom. The van der Waals surface area contributed by atoms with E-state index in [1.807, 2.05) is 12.1 Å². The summed E-state index contributed by atoms with van der Waals surface area (Å²) in [5.41, 5.74) is 1.27. The second kappa shape index (κ2) is 7.84. The quantitative estimate of drug-likeness (QED) is 0.463. The van der Waals surface area contributed by atoms with Crippen LogP contribution >= 0.6 is 0 Å². The highest BCUT2D eigenvalue weighted by Crippen LogP contribution is 2.38. The van der Waals surface area contributed by atoms with Crippen molar-refractivity contribution in [3.05, 3.63) is 71.4 Å². The van der Waals surface area contributed by atoms with Gasteiger partial charge in [0.2, 0.25) is 0 Å². The maximum absolute atomic E-state index is 12.8. The van der Waals surface area contributed by atoms with Crippen molar-refractivity contribution in [1.82, 2.24) is 29.9 Å². The molecule has 0 saturated heterocycles. The molecule has 3 heterocycles. The minimum absolute atomic E-state index is 0.181. The van der Waals surface area contributed by atoms with E-state index in [0.717, 1.165) is 36.5 Å². The number of benzene rings is 1. The molecule has 1 fully saturated rings. The van der Waals surface area contributed by atoms with E-state index < -0.39 is 17.6 Å². The predicted molar refractivity (Wildman–Crippen MR) is 113 cm³/mol. The average Bonchev–Trinajstić information content (AvgIpc) is 3.39. The number of aromatic amines is 1. The molecule has 1 saturated carbocycles. The molecule has 1 aliphatic rings. The summed E-state index contributed by atoms with van der Waals surface area (Å²) in [6.45, 7) is 1.64. The summed E-state index contributed by atoms with van der Waals surface area (Å²) in [7, 11) is 0. The molecule has 0 spiro atoms. The Hall–Kier alpha value is -4.02. The van der Waals surface area contributed by atoms with E-state index in [4.69, 9.17) is 0 Å². The van der Waals surface area contributed by atoms with E-state index >= 15 is 0 Å². The van der Waals surface area contributed by atoms with Crippen molar-refractivity contribution >= 4 is 11.6 Å². The zero-order valence-electron chi connectivity index (χ0n) is 17.4. The van der Waals surface area contributed by atoms with Crippen LogP contribution in [0.5, 0.6) is 0 Å². The summed E-state index contributed by atoms with van der Waals surface area (Å²) < 4.78 is 39.6. The van der Waals surface area contributed by atoms with Crippen molar-refractivity contribution in [2.75, 3.05) is 5.32 Å². The molecule has 0 bridgehead atoms. The van der Waals surface area contributed by atoms with E-state index in [-0.39, 0.29) is 11.4 Å². The first-order valence-corrected chi connectivity index (χ1v) is 10.2. The third-order valence-electron chi connectivity index (χ3n) is 5.41. The minimum Gasteiger partial charge on any atom is -0.322 e. The van der Waals surface area contributed by atoms with Gasteiger partial charge in [0.05, 0.1) is 23.0 Å². The number of rotatable bonds is 5. The van der Waals surface area contributed by atoms with Gasteiger partial charge in [-0.1, -0.05) is 0 Å². The van der Waals surface area contributed by atoms with Crippen LogP contribution in [0, 0.1) is 6.92 Å². The van der Waals surface area contributed by atoms with Crippen LogP contribution in [-0.2, 0) is 6.18 Å². The molecule has 1 aromatic carbocycles. The second-order valence-corrected chi connectivity index (χ2v) is 7.81. The van der Waals surface area contributed by atoms with Gasteiger partial charge in [-0.3, -0.25) is 9.89 Å². The van der Waals surface area contributed by atoms with Crippen molar-refractivity contribution in [3.63, 3.8) is 0 Å². The number of nitrogens with one attached hydrogen (secondary N) is 2. The summed E-state index contributed by atoms with van der Waals surface area (Å²) >= 11 is 0. The Morgan fingerprint density at radius 2 is 1.88 bits per heavy atom. The number of anilines is 1. The fourth-order valence-electron chi connectivity index (χ4n) is 3.39. The third-order valence-corrected chi connectivity index (χ3v) is 5.41. The molecule has 0 atom stereocenters. The maximum atomic E-state index is 12.8. The lowest BCUT2D eigenvalue weighted by Crippen LogP contribution is -2.13. The Kier molecular flexibility index (Phi) is 4.95. The fourth-order valence-corrected chi connectivity index (χ4v) is 3.39. The Balaban J connectivity index is 1.29. The van der Waals surface area contributed by atoms with Crippen molar-refractivity contribution in [2.24, 2.45) is 0 Å².